The molecule has 14 heteroatoms. The van der Waals surface area contributed by atoms with E-state index in [1.807, 2.05) is 34.6 Å². The van der Waals surface area contributed by atoms with Crippen molar-refractivity contribution < 1.29 is 39.1 Å². The molecule has 2 amide bonds. The monoisotopic (exact) mass is 686 g/mol. The van der Waals surface area contributed by atoms with Crippen molar-refractivity contribution in [2.75, 3.05) is 26.9 Å². The molecule has 1 saturated heterocycles. The van der Waals surface area contributed by atoms with Crippen molar-refractivity contribution in [1.82, 2.24) is 25.6 Å². The Balaban J connectivity index is 1.39. The predicted molar refractivity (Wildman–Crippen MR) is 181 cm³/mol. The molecule has 14 nitrogen and oxygen atoms in total. The molecule has 0 aliphatic carbocycles. The van der Waals surface area contributed by atoms with Gasteiger partial charge >= 0.3 is 0 Å². The average Bonchev–Trinajstić information content (AvgIpc) is 3.55. The first-order valence-electron chi connectivity index (χ1n) is 17.0. The Morgan fingerprint density at radius 3 is 2.57 bits per heavy atom. The van der Waals surface area contributed by atoms with E-state index in [1.165, 1.54) is 4.68 Å². The molecule has 6 atom stereocenters. The van der Waals surface area contributed by atoms with Crippen LogP contribution in [0.3, 0.4) is 0 Å². The lowest BCUT2D eigenvalue weighted by molar-refractivity contribution is -0.281. The standard InChI is InChI=1S/C35H54N6O8/c1-23(14-15-28(43)38-34(2,3)22-35(4,5)47-6)32(46)37-16-9-7-8-10-17-48-33-29(31(45)30(44)27(21-42)49-33)41-20-26(39-40-41)25-13-11-12-24(18-25)19-36/h11-13,18,20,23,27,29-31,33,42,44-45H,7-10,14-17,21-22H2,1-6H3,(H,37,46)(H,38,43). The van der Waals surface area contributed by atoms with Crippen LogP contribution in [0.1, 0.15) is 91.2 Å². The Hall–Kier alpha value is -3.45. The number of aliphatic hydroxyl groups excluding tert-OH is 3. The molecule has 5 N–H and O–H groups in total. The van der Waals surface area contributed by atoms with Gasteiger partial charge in [-0.2, -0.15) is 5.26 Å². The van der Waals surface area contributed by atoms with Gasteiger partial charge in [0.25, 0.3) is 0 Å². The highest BCUT2D eigenvalue weighted by Crippen LogP contribution is 2.32. The van der Waals surface area contributed by atoms with E-state index in [1.54, 1.807) is 37.6 Å². The summed E-state index contributed by atoms with van der Waals surface area (Å²) in [6, 6.07) is 8.03. The maximum atomic E-state index is 12.6. The molecule has 49 heavy (non-hydrogen) atoms. The molecule has 2 aromatic rings. The first kappa shape index (κ1) is 40.0. The van der Waals surface area contributed by atoms with Crippen LogP contribution in [0, 0.1) is 17.2 Å². The van der Waals surface area contributed by atoms with Gasteiger partial charge in [-0.1, -0.05) is 37.1 Å². The molecule has 0 saturated carbocycles. The quantitative estimate of drug-likeness (QED) is 0.136. The SMILES string of the molecule is COC(C)(C)CC(C)(C)NC(=O)CCC(C)C(=O)NCCCCCCOC1OC(CO)C(O)C(O)C1n1cc(-c2cccc(C#N)c2)nn1. The van der Waals surface area contributed by atoms with Crippen molar-refractivity contribution in [3.63, 3.8) is 0 Å². The smallest absolute Gasteiger partial charge is 0.222 e. The molecule has 2 heterocycles. The van der Waals surface area contributed by atoms with Crippen molar-refractivity contribution in [1.29, 1.82) is 5.26 Å². The largest absolute Gasteiger partial charge is 0.394 e. The van der Waals surface area contributed by atoms with Crippen LogP contribution in [0.5, 0.6) is 0 Å². The highest BCUT2D eigenvalue weighted by atomic mass is 16.7. The number of nitrogens with zero attached hydrogens (tertiary/aromatic N) is 4. The topological polar surface area (TPSA) is 201 Å². The summed E-state index contributed by atoms with van der Waals surface area (Å²) in [6.45, 7) is 10.0. The van der Waals surface area contributed by atoms with Crippen molar-refractivity contribution in [3.8, 4) is 17.3 Å². The van der Waals surface area contributed by atoms with Crippen molar-refractivity contribution in [3.05, 3.63) is 36.0 Å². The van der Waals surface area contributed by atoms with E-state index < -0.39 is 42.8 Å². The number of carbonyl (C=O) groups excluding carboxylic acids is 2. The lowest BCUT2D eigenvalue weighted by Gasteiger charge is -2.41. The van der Waals surface area contributed by atoms with Crippen LogP contribution in [-0.2, 0) is 23.8 Å². The molecule has 3 rings (SSSR count). The number of ether oxygens (including phenoxy) is 3. The van der Waals surface area contributed by atoms with Crippen LogP contribution in [0.25, 0.3) is 11.3 Å². The van der Waals surface area contributed by atoms with Gasteiger partial charge in [0.2, 0.25) is 11.8 Å². The van der Waals surface area contributed by atoms with E-state index in [2.05, 4.69) is 27.0 Å². The minimum absolute atomic E-state index is 0.0791. The molecule has 1 aromatic carbocycles. The van der Waals surface area contributed by atoms with Gasteiger partial charge in [0.1, 0.15) is 30.0 Å². The van der Waals surface area contributed by atoms with E-state index in [-0.39, 0.29) is 29.8 Å². The Bertz CT molecular complexity index is 1390. The summed E-state index contributed by atoms with van der Waals surface area (Å²) < 4.78 is 18.7. The number of nitriles is 1. The fourth-order valence-corrected chi connectivity index (χ4v) is 6.05. The van der Waals surface area contributed by atoms with Gasteiger partial charge in [0, 0.05) is 43.7 Å². The van der Waals surface area contributed by atoms with Crippen molar-refractivity contribution in [2.24, 2.45) is 5.92 Å². The summed E-state index contributed by atoms with van der Waals surface area (Å²) in [5, 5.41) is 54.7. The summed E-state index contributed by atoms with van der Waals surface area (Å²) in [7, 11) is 1.65. The van der Waals surface area contributed by atoms with Crippen molar-refractivity contribution >= 4 is 11.8 Å². The number of hydrogen-bond donors (Lipinski definition) is 5. The second kappa shape index (κ2) is 18.5. The molecule has 0 radical (unpaired) electrons. The summed E-state index contributed by atoms with van der Waals surface area (Å²) in [6.07, 6.45) is 1.31. The van der Waals surface area contributed by atoms with Crippen LogP contribution in [-0.4, -0.2) is 105 Å². The number of aliphatic hydroxyl groups is 3. The van der Waals surface area contributed by atoms with E-state index in [9.17, 15) is 30.2 Å². The minimum atomic E-state index is -1.37. The molecule has 1 aliphatic rings. The molecule has 1 aromatic heterocycles. The summed E-state index contributed by atoms with van der Waals surface area (Å²) in [5.41, 5.74) is 0.806. The van der Waals surface area contributed by atoms with Gasteiger partial charge in [-0.25, -0.2) is 4.68 Å². The maximum Gasteiger partial charge on any atom is 0.222 e. The average molecular weight is 687 g/mol. The number of nitrogens with one attached hydrogen (secondary N) is 2. The van der Waals surface area contributed by atoms with Crippen LogP contribution in [0.2, 0.25) is 0 Å². The zero-order chi connectivity index (χ0) is 36.2. The highest BCUT2D eigenvalue weighted by molar-refractivity contribution is 5.80. The summed E-state index contributed by atoms with van der Waals surface area (Å²) in [4.78, 5) is 25.1. The lowest BCUT2D eigenvalue weighted by atomic mass is 9.89. The fraction of sp³-hybridized carbons (Fsp3) is 0.686. The number of amides is 2. The fourth-order valence-electron chi connectivity index (χ4n) is 6.05. The van der Waals surface area contributed by atoms with Crippen LogP contribution in [0.15, 0.2) is 30.5 Å². The molecule has 6 unspecified atom stereocenters. The molecule has 1 fully saturated rings. The molecule has 272 valence electrons. The molecule has 0 bridgehead atoms. The number of unbranched alkanes of at least 4 members (excludes halogenated alkanes) is 3. The molecular weight excluding hydrogens is 632 g/mol. The number of hydrogen-bond acceptors (Lipinski definition) is 11. The van der Waals surface area contributed by atoms with Crippen LogP contribution >= 0.6 is 0 Å². The number of methoxy groups -OCH3 is 1. The van der Waals surface area contributed by atoms with E-state index >= 15 is 0 Å². The Morgan fingerprint density at radius 1 is 1.14 bits per heavy atom. The molecule has 0 spiro atoms. The van der Waals surface area contributed by atoms with Gasteiger partial charge in [0.05, 0.1) is 30.0 Å². The number of carbonyl (C=O) groups is 2. The number of aromatic nitrogens is 3. The normalized spacial score (nSPS) is 21.9. The van der Waals surface area contributed by atoms with Crippen molar-refractivity contribution in [2.45, 2.75) is 121 Å². The van der Waals surface area contributed by atoms with E-state index in [0.29, 0.717) is 49.2 Å². The first-order valence-corrected chi connectivity index (χ1v) is 17.0. The van der Waals surface area contributed by atoms with Gasteiger partial charge < -0.3 is 40.2 Å². The third kappa shape index (κ3) is 12.1. The Labute approximate surface area is 289 Å². The highest BCUT2D eigenvalue weighted by Gasteiger charge is 2.46. The first-order chi connectivity index (χ1) is 23.2. The van der Waals surface area contributed by atoms with Gasteiger partial charge in [0.15, 0.2) is 6.29 Å². The second-order valence-electron chi connectivity index (χ2n) is 14.1. The zero-order valence-electron chi connectivity index (χ0n) is 29.6. The second-order valence-corrected chi connectivity index (χ2v) is 14.1. The molecule has 1 aliphatic heterocycles. The minimum Gasteiger partial charge on any atom is -0.394 e. The van der Waals surface area contributed by atoms with E-state index in [0.717, 1.165) is 19.3 Å². The van der Waals surface area contributed by atoms with Gasteiger partial charge in [-0.3, -0.25) is 9.59 Å². The van der Waals surface area contributed by atoms with Crippen LogP contribution in [0.4, 0.5) is 0 Å². The van der Waals surface area contributed by atoms with Crippen LogP contribution < -0.4 is 10.6 Å². The van der Waals surface area contributed by atoms with Gasteiger partial charge in [-0.05, 0) is 65.5 Å². The van der Waals surface area contributed by atoms with E-state index in [4.69, 9.17) is 14.2 Å². The zero-order valence-corrected chi connectivity index (χ0v) is 29.6. The number of rotatable bonds is 19. The maximum absolute atomic E-state index is 12.6. The van der Waals surface area contributed by atoms with Gasteiger partial charge in [-0.15, -0.1) is 5.10 Å². The Morgan fingerprint density at radius 2 is 1.88 bits per heavy atom. The number of benzene rings is 1. The molecular formula is C35H54N6O8. The third-order valence-electron chi connectivity index (χ3n) is 8.75. The Kier molecular flexibility index (Phi) is 15.1. The summed E-state index contributed by atoms with van der Waals surface area (Å²) in [5.74, 6) is -0.458. The lowest BCUT2D eigenvalue weighted by Crippen LogP contribution is -2.56. The summed E-state index contributed by atoms with van der Waals surface area (Å²) >= 11 is 0. The third-order valence-corrected chi connectivity index (χ3v) is 8.75. The predicted octanol–water partition coefficient (Wildman–Crippen LogP) is 2.62.